The van der Waals surface area contributed by atoms with E-state index in [9.17, 15) is 19.2 Å². The summed E-state index contributed by atoms with van der Waals surface area (Å²) in [6.07, 6.45) is 4.81. The number of H-pyrrole nitrogens is 1. The molecule has 1 atom stereocenters. The van der Waals surface area contributed by atoms with Gasteiger partial charge >= 0.3 is 6.09 Å². The lowest BCUT2D eigenvalue weighted by Gasteiger charge is -2.29. The monoisotopic (exact) mass is 706 g/mol. The molecule has 4 aromatic rings. The van der Waals surface area contributed by atoms with Gasteiger partial charge in [-0.15, -0.1) is 5.10 Å². The number of nitrogens with one attached hydrogen (secondary N) is 5. The minimum absolute atomic E-state index is 0.0536. The Hall–Kier alpha value is -5.59. The summed E-state index contributed by atoms with van der Waals surface area (Å²) in [5.41, 5.74) is 4.23. The maximum Gasteiger partial charge on any atom is 0.407 e. The second-order valence-corrected chi connectivity index (χ2v) is 14.7. The van der Waals surface area contributed by atoms with Crippen molar-refractivity contribution in [1.29, 1.82) is 0 Å². The molecule has 2 aliphatic carbocycles. The van der Waals surface area contributed by atoms with Gasteiger partial charge in [0.05, 0.1) is 0 Å². The molecule has 13 nitrogen and oxygen atoms in total. The molecule has 1 aromatic heterocycles. The van der Waals surface area contributed by atoms with Crippen LogP contribution in [0.1, 0.15) is 75.2 Å². The van der Waals surface area contributed by atoms with Crippen molar-refractivity contribution >= 4 is 29.5 Å². The van der Waals surface area contributed by atoms with Gasteiger partial charge in [-0.05, 0) is 129 Å². The average Bonchev–Trinajstić information content (AvgIpc) is 3.78. The van der Waals surface area contributed by atoms with Gasteiger partial charge in [0, 0.05) is 41.7 Å². The molecule has 0 radical (unpaired) electrons. The van der Waals surface area contributed by atoms with Crippen molar-refractivity contribution in [2.24, 2.45) is 11.8 Å². The maximum absolute atomic E-state index is 13.7. The fraction of sp³-hybridized carbons (Fsp3) is 0.410. The second kappa shape index (κ2) is 16.2. The van der Waals surface area contributed by atoms with Crippen LogP contribution in [-0.2, 0) is 20.7 Å². The van der Waals surface area contributed by atoms with Crippen LogP contribution >= 0.6 is 0 Å². The number of ether oxygens (including phenoxy) is 1. The summed E-state index contributed by atoms with van der Waals surface area (Å²) in [6, 6.07) is 22.0. The molecule has 272 valence electrons. The van der Waals surface area contributed by atoms with E-state index in [1.54, 1.807) is 24.3 Å². The molecule has 2 aliphatic rings. The Labute approximate surface area is 303 Å². The number of amides is 4. The lowest BCUT2D eigenvalue weighted by atomic mass is 9.81. The molecule has 5 N–H and O–H groups in total. The smallest absolute Gasteiger partial charge is 0.407 e. The summed E-state index contributed by atoms with van der Waals surface area (Å²) in [7, 11) is 0. The van der Waals surface area contributed by atoms with Crippen molar-refractivity contribution in [3.8, 4) is 22.5 Å². The zero-order valence-electron chi connectivity index (χ0n) is 29.8. The molecule has 0 bridgehead atoms. The molecule has 1 unspecified atom stereocenters. The van der Waals surface area contributed by atoms with Crippen LogP contribution in [0.5, 0.6) is 0 Å². The van der Waals surface area contributed by atoms with E-state index in [1.165, 1.54) is 0 Å². The molecular formula is C39H46N8O5. The van der Waals surface area contributed by atoms with Crippen molar-refractivity contribution < 1.29 is 23.9 Å². The molecule has 2 fully saturated rings. The highest BCUT2D eigenvalue weighted by atomic mass is 16.6. The predicted molar refractivity (Wildman–Crippen MR) is 196 cm³/mol. The number of carbonyl (C=O) groups is 4. The fourth-order valence-corrected chi connectivity index (χ4v) is 6.27. The van der Waals surface area contributed by atoms with Crippen LogP contribution in [0.3, 0.4) is 0 Å². The Kier molecular flexibility index (Phi) is 11.3. The molecule has 0 spiro atoms. The Bertz CT molecular complexity index is 1830. The van der Waals surface area contributed by atoms with Gasteiger partial charge in [0.25, 0.3) is 5.91 Å². The maximum atomic E-state index is 13.7. The summed E-state index contributed by atoms with van der Waals surface area (Å²) in [5, 5.41) is 25.7. The number of aromatic amines is 1. The van der Waals surface area contributed by atoms with Gasteiger partial charge in [-0.3, -0.25) is 14.4 Å². The lowest BCUT2D eigenvalue weighted by molar-refractivity contribution is -0.130. The number of carbonyl (C=O) groups excluding carboxylic acids is 4. The van der Waals surface area contributed by atoms with Crippen molar-refractivity contribution in [2.75, 3.05) is 11.9 Å². The molecule has 0 saturated heterocycles. The summed E-state index contributed by atoms with van der Waals surface area (Å²) >= 11 is 0. The molecule has 1 heterocycles. The molecule has 0 aliphatic heterocycles. The number of rotatable bonds is 12. The number of hydrogen-bond donors (Lipinski definition) is 5. The van der Waals surface area contributed by atoms with Gasteiger partial charge in [-0.25, -0.2) is 9.89 Å². The third kappa shape index (κ3) is 10.2. The quantitative estimate of drug-likeness (QED) is 0.130. The first kappa shape index (κ1) is 36.2. The van der Waals surface area contributed by atoms with E-state index >= 15 is 0 Å². The number of alkyl carbamates (subject to hydrolysis) is 1. The summed E-state index contributed by atoms with van der Waals surface area (Å²) in [4.78, 5) is 51.9. The van der Waals surface area contributed by atoms with Gasteiger partial charge in [-0.1, -0.05) is 36.4 Å². The van der Waals surface area contributed by atoms with Gasteiger partial charge in [0.1, 0.15) is 11.6 Å². The van der Waals surface area contributed by atoms with Crippen LogP contribution in [0.2, 0.25) is 0 Å². The van der Waals surface area contributed by atoms with Gasteiger partial charge in [0.15, 0.2) is 5.82 Å². The molecular weight excluding hydrogens is 660 g/mol. The highest BCUT2D eigenvalue weighted by Crippen LogP contribution is 2.29. The minimum Gasteiger partial charge on any atom is -0.444 e. The van der Waals surface area contributed by atoms with Crippen LogP contribution in [0.25, 0.3) is 22.5 Å². The van der Waals surface area contributed by atoms with Crippen molar-refractivity contribution in [3.05, 3.63) is 83.9 Å². The first-order chi connectivity index (χ1) is 25.0. The van der Waals surface area contributed by atoms with E-state index in [0.717, 1.165) is 47.9 Å². The zero-order valence-corrected chi connectivity index (χ0v) is 29.8. The third-order valence-electron chi connectivity index (χ3n) is 9.34. The largest absolute Gasteiger partial charge is 0.444 e. The van der Waals surface area contributed by atoms with E-state index in [-0.39, 0.29) is 36.0 Å². The standard InChI is InChI=1S/C39H46N8O5/c1-39(2,3)52-38(51)40-23-25-6-10-29(11-7-25)36(49)43-33(37(50)42-31-18-16-28(17-19-31)34-44-46-47-45-34)22-24-4-8-26(9-5-24)27-12-14-30(15-13-27)35(48)41-32-20-21-32/h4-5,8-9,12-19,25,29,32-33H,6-7,10-11,20-23H2,1-3H3,(H,40,51)(H,41,48)(H,42,50)(H,43,49)(H,44,45,46,47). The van der Waals surface area contributed by atoms with E-state index in [2.05, 4.69) is 41.9 Å². The fourth-order valence-electron chi connectivity index (χ4n) is 6.27. The molecule has 6 rings (SSSR count). The molecule has 13 heteroatoms. The van der Waals surface area contributed by atoms with E-state index in [4.69, 9.17) is 4.74 Å². The van der Waals surface area contributed by atoms with Gasteiger partial charge in [-0.2, -0.15) is 0 Å². The van der Waals surface area contributed by atoms with Gasteiger partial charge < -0.3 is 26.0 Å². The molecule has 4 amide bonds. The van der Waals surface area contributed by atoms with Crippen molar-refractivity contribution in [2.45, 2.75) is 83.4 Å². The van der Waals surface area contributed by atoms with Crippen LogP contribution < -0.4 is 21.3 Å². The average molecular weight is 707 g/mol. The first-order valence-corrected chi connectivity index (χ1v) is 17.9. The summed E-state index contributed by atoms with van der Waals surface area (Å²) in [5.74, 6) is -0.0180. The lowest BCUT2D eigenvalue weighted by Crippen LogP contribution is -2.48. The zero-order chi connectivity index (χ0) is 36.7. The number of hydrogen-bond acceptors (Lipinski definition) is 8. The van der Waals surface area contributed by atoms with Crippen molar-refractivity contribution in [1.82, 2.24) is 36.6 Å². The topological polar surface area (TPSA) is 180 Å². The Morgan fingerprint density at radius 3 is 2.06 bits per heavy atom. The summed E-state index contributed by atoms with van der Waals surface area (Å²) < 4.78 is 5.35. The van der Waals surface area contributed by atoms with E-state index in [1.807, 2.05) is 69.3 Å². The van der Waals surface area contributed by atoms with Crippen LogP contribution in [0, 0.1) is 11.8 Å². The Morgan fingerprint density at radius 2 is 1.46 bits per heavy atom. The SMILES string of the molecule is CC(C)(C)OC(=O)NCC1CCC(C(=O)NC(Cc2ccc(-c3ccc(C(=O)NC4CC4)cc3)cc2)C(=O)Nc2ccc(-c3nnn[nH]3)cc2)CC1. The number of tetrazole rings is 1. The highest BCUT2D eigenvalue weighted by Gasteiger charge is 2.30. The number of benzene rings is 3. The number of aromatic nitrogens is 4. The number of nitrogens with zero attached hydrogens (tertiary/aromatic N) is 3. The van der Waals surface area contributed by atoms with Crippen LogP contribution in [0.15, 0.2) is 72.8 Å². The molecule has 3 aromatic carbocycles. The minimum atomic E-state index is -0.827. The van der Waals surface area contributed by atoms with E-state index in [0.29, 0.717) is 42.5 Å². The van der Waals surface area contributed by atoms with Crippen molar-refractivity contribution in [3.63, 3.8) is 0 Å². The third-order valence-corrected chi connectivity index (χ3v) is 9.34. The Morgan fingerprint density at radius 1 is 0.827 bits per heavy atom. The first-order valence-electron chi connectivity index (χ1n) is 17.9. The Balaban J connectivity index is 1.09. The predicted octanol–water partition coefficient (Wildman–Crippen LogP) is 5.42. The molecule has 52 heavy (non-hydrogen) atoms. The highest BCUT2D eigenvalue weighted by molar-refractivity contribution is 5.98. The van der Waals surface area contributed by atoms with Crippen LogP contribution in [-0.4, -0.2) is 68.7 Å². The van der Waals surface area contributed by atoms with Gasteiger partial charge in [0.2, 0.25) is 11.8 Å². The second-order valence-electron chi connectivity index (χ2n) is 14.7. The summed E-state index contributed by atoms with van der Waals surface area (Å²) in [6.45, 7) is 5.97. The van der Waals surface area contributed by atoms with Crippen LogP contribution in [0.4, 0.5) is 10.5 Å². The normalized spacial score (nSPS) is 17.8. The number of anilines is 1. The molecule has 2 saturated carbocycles. The van der Waals surface area contributed by atoms with E-state index < -0.39 is 17.7 Å².